The molecule has 212 valence electrons. The second-order valence-corrected chi connectivity index (χ2v) is 11.8. The van der Waals surface area contributed by atoms with Crippen LogP contribution in [0.2, 0.25) is 0 Å². The number of nitrogens with zero attached hydrogens (tertiary/aromatic N) is 1. The Morgan fingerprint density at radius 2 is 1.67 bits per heavy atom. The van der Waals surface area contributed by atoms with Crippen molar-refractivity contribution in [1.82, 2.24) is 5.32 Å². The molecular formula is C35H33FN3O2S+. The Morgan fingerprint density at radius 1 is 0.929 bits per heavy atom. The van der Waals surface area contributed by atoms with Crippen LogP contribution in [0.4, 0.5) is 10.1 Å². The zero-order chi connectivity index (χ0) is 28.9. The number of thioether (sulfide) groups is 1. The molecule has 42 heavy (non-hydrogen) atoms. The average molecular weight is 579 g/mol. The first-order chi connectivity index (χ1) is 20.5. The number of hydrogen-bond acceptors (Lipinski definition) is 3. The molecule has 0 saturated carbocycles. The zero-order valence-corrected chi connectivity index (χ0v) is 24.1. The standard InChI is InChI=1S/C35H32FN3O2S/c36-30-11-4-3-10-29(30)24-39-31-12-5-6-13-32(31)42-33(35(39)41)22-25-14-16-27(17-15-25)34(40)37-19-7-20-38-21-18-26-8-1-2-9-28(26)23-38/h1-6,8-17,22H,7,18-21,23-24H2,(H,37,40)/p+1. The van der Waals surface area contributed by atoms with Crippen LogP contribution in [-0.2, 0) is 24.3 Å². The van der Waals surface area contributed by atoms with Crippen molar-refractivity contribution in [3.8, 4) is 0 Å². The van der Waals surface area contributed by atoms with E-state index in [1.165, 1.54) is 29.0 Å². The Balaban J connectivity index is 1.07. The molecule has 0 fully saturated rings. The van der Waals surface area contributed by atoms with Crippen molar-refractivity contribution in [3.63, 3.8) is 0 Å². The Morgan fingerprint density at radius 3 is 2.50 bits per heavy atom. The number of amides is 2. The first-order valence-corrected chi connectivity index (χ1v) is 15.2. The number of fused-ring (bicyclic) bond motifs is 2. The fraction of sp³-hybridized carbons (Fsp3) is 0.200. The van der Waals surface area contributed by atoms with E-state index in [4.69, 9.17) is 0 Å². The fourth-order valence-corrected chi connectivity index (χ4v) is 6.66. The molecule has 1 atom stereocenters. The number of carbonyl (C=O) groups excluding carboxylic acids is 2. The van der Waals surface area contributed by atoms with Crippen molar-refractivity contribution >= 4 is 35.3 Å². The van der Waals surface area contributed by atoms with Gasteiger partial charge in [0.2, 0.25) is 0 Å². The summed E-state index contributed by atoms with van der Waals surface area (Å²) in [5.41, 5.74) is 5.54. The number of para-hydroxylation sites is 1. The van der Waals surface area contributed by atoms with E-state index in [0.29, 0.717) is 22.6 Å². The highest BCUT2D eigenvalue weighted by atomic mass is 32.2. The Bertz CT molecular complexity index is 1640. The van der Waals surface area contributed by atoms with Crippen molar-refractivity contribution < 1.29 is 18.9 Å². The summed E-state index contributed by atoms with van der Waals surface area (Å²) in [5, 5.41) is 3.05. The lowest BCUT2D eigenvalue weighted by Crippen LogP contribution is -3.11. The fourth-order valence-electron chi connectivity index (χ4n) is 5.60. The van der Waals surface area contributed by atoms with Crippen molar-refractivity contribution in [3.05, 3.63) is 136 Å². The van der Waals surface area contributed by atoms with Gasteiger partial charge in [0.15, 0.2) is 0 Å². The number of benzene rings is 4. The highest BCUT2D eigenvalue weighted by molar-refractivity contribution is 8.04. The van der Waals surface area contributed by atoms with Gasteiger partial charge in [-0.3, -0.25) is 9.59 Å². The molecule has 2 N–H and O–H groups in total. The largest absolute Gasteiger partial charge is 0.352 e. The van der Waals surface area contributed by atoms with E-state index in [2.05, 4.69) is 29.6 Å². The summed E-state index contributed by atoms with van der Waals surface area (Å²) in [6.07, 6.45) is 3.87. The normalized spacial score (nSPS) is 17.1. The summed E-state index contributed by atoms with van der Waals surface area (Å²) in [5.74, 6) is -0.608. The highest BCUT2D eigenvalue weighted by Crippen LogP contribution is 2.42. The molecule has 0 radical (unpaired) electrons. The first-order valence-electron chi connectivity index (χ1n) is 14.4. The van der Waals surface area contributed by atoms with E-state index in [-0.39, 0.29) is 24.2 Å². The third-order valence-electron chi connectivity index (χ3n) is 7.89. The van der Waals surface area contributed by atoms with Crippen LogP contribution in [0.1, 0.15) is 39.0 Å². The lowest BCUT2D eigenvalue weighted by molar-refractivity contribution is -0.916. The second kappa shape index (κ2) is 12.8. The average Bonchev–Trinajstić information content (AvgIpc) is 3.02. The van der Waals surface area contributed by atoms with Crippen LogP contribution in [0.15, 0.2) is 107 Å². The highest BCUT2D eigenvalue weighted by Gasteiger charge is 2.29. The predicted octanol–water partition coefficient (Wildman–Crippen LogP) is 5.27. The number of halogens is 1. The van der Waals surface area contributed by atoms with Gasteiger partial charge in [-0.2, -0.15) is 0 Å². The van der Waals surface area contributed by atoms with Crippen LogP contribution in [0, 0.1) is 5.82 Å². The summed E-state index contributed by atoms with van der Waals surface area (Å²) in [7, 11) is 0. The minimum atomic E-state index is -0.334. The molecule has 2 aliphatic rings. The predicted molar refractivity (Wildman–Crippen MR) is 166 cm³/mol. The van der Waals surface area contributed by atoms with E-state index in [1.807, 2.05) is 42.5 Å². The quantitative estimate of drug-likeness (QED) is 0.221. The van der Waals surface area contributed by atoms with E-state index in [0.717, 1.165) is 48.6 Å². The lowest BCUT2D eigenvalue weighted by Gasteiger charge is -2.30. The molecule has 2 amide bonds. The van der Waals surface area contributed by atoms with Crippen molar-refractivity contribution in [2.24, 2.45) is 0 Å². The molecule has 0 spiro atoms. The van der Waals surface area contributed by atoms with Crippen LogP contribution in [-0.4, -0.2) is 31.4 Å². The number of quaternary nitrogens is 1. The number of hydrogen-bond donors (Lipinski definition) is 2. The third-order valence-corrected chi connectivity index (χ3v) is 8.97. The minimum absolute atomic E-state index is 0.0960. The zero-order valence-electron chi connectivity index (χ0n) is 23.3. The van der Waals surface area contributed by atoms with Crippen LogP contribution < -0.4 is 15.1 Å². The van der Waals surface area contributed by atoms with Crippen molar-refractivity contribution in [2.75, 3.05) is 24.5 Å². The molecule has 6 rings (SSSR count). The van der Waals surface area contributed by atoms with Gasteiger partial charge in [-0.1, -0.05) is 78.5 Å². The van der Waals surface area contributed by atoms with E-state index < -0.39 is 0 Å². The van der Waals surface area contributed by atoms with Crippen LogP contribution in [0.5, 0.6) is 0 Å². The maximum Gasteiger partial charge on any atom is 0.265 e. The SMILES string of the molecule is O=C(NCCC[NH+]1CCc2ccccc2C1)c1ccc(C=C2Sc3ccccc3N(Cc3ccccc3F)C2=O)cc1. The summed E-state index contributed by atoms with van der Waals surface area (Å²) in [4.78, 5) is 31.0. The van der Waals surface area contributed by atoms with Crippen LogP contribution >= 0.6 is 11.8 Å². The van der Waals surface area contributed by atoms with Crippen LogP contribution in [0.25, 0.3) is 6.08 Å². The van der Waals surface area contributed by atoms with Crippen molar-refractivity contribution in [1.29, 1.82) is 0 Å². The second-order valence-electron chi connectivity index (χ2n) is 10.7. The maximum atomic E-state index is 14.4. The molecule has 2 heterocycles. The van der Waals surface area contributed by atoms with E-state index in [9.17, 15) is 14.0 Å². The molecule has 1 unspecified atom stereocenters. The summed E-state index contributed by atoms with van der Waals surface area (Å²) in [6, 6.07) is 30.2. The van der Waals surface area contributed by atoms with Gasteiger partial charge in [-0.05, 0) is 47.5 Å². The van der Waals surface area contributed by atoms with Gasteiger partial charge < -0.3 is 15.1 Å². The smallest absolute Gasteiger partial charge is 0.265 e. The first kappa shape index (κ1) is 27.9. The Hall–Kier alpha value is -4.20. The van der Waals surface area contributed by atoms with Gasteiger partial charge >= 0.3 is 0 Å². The summed E-state index contributed by atoms with van der Waals surface area (Å²) in [6.45, 7) is 4.00. The monoisotopic (exact) mass is 578 g/mol. The number of rotatable bonds is 8. The van der Waals surface area contributed by atoms with Gasteiger partial charge in [0.25, 0.3) is 11.8 Å². The molecule has 5 nitrogen and oxygen atoms in total. The maximum absolute atomic E-state index is 14.4. The van der Waals surface area contributed by atoms with Gasteiger partial charge in [-0.25, -0.2) is 4.39 Å². The molecule has 4 aromatic rings. The minimum Gasteiger partial charge on any atom is -0.352 e. The van der Waals surface area contributed by atoms with E-state index >= 15 is 0 Å². The van der Waals surface area contributed by atoms with Gasteiger partial charge in [0.05, 0.1) is 30.2 Å². The molecule has 2 aliphatic heterocycles. The molecule has 0 aliphatic carbocycles. The molecule has 7 heteroatoms. The van der Waals surface area contributed by atoms with Crippen molar-refractivity contribution in [2.45, 2.75) is 30.8 Å². The number of carbonyl (C=O) groups is 2. The van der Waals surface area contributed by atoms with E-state index in [1.54, 1.807) is 40.1 Å². The summed E-state index contributed by atoms with van der Waals surface area (Å²) >= 11 is 1.41. The number of nitrogens with one attached hydrogen (secondary N) is 2. The molecule has 0 aromatic heterocycles. The topological polar surface area (TPSA) is 53.9 Å². The Labute approximate surface area is 250 Å². The Kier molecular flexibility index (Phi) is 8.49. The molecule has 0 saturated heterocycles. The molecular weight excluding hydrogens is 545 g/mol. The van der Waals surface area contributed by atoms with Gasteiger partial charge in [0, 0.05) is 41.0 Å². The van der Waals surface area contributed by atoms with Crippen LogP contribution in [0.3, 0.4) is 0 Å². The van der Waals surface area contributed by atoms with Gasteiger partial charge in [0.1, 0.15) is 12.4 Å². The molecule has 0 bridgehead atoms. The third kappa shape index (κ3) is 6.32. The lowest BCUT2D eigenvalue weighted by atomic mass is 10.00. The van der Waals surface area contributed by atoms with Gasteiger partial charge in [-0.15, -0.1) is 0 Å². The number of anilines is 1. The summed E-state index contributed by atoms with van der Waals surface area (Å²) < 4.78 is 14.4. The molecule has 4 aromatic carbocycles.